The van der Waals surface area contributed by atoms with Crippen molar-refractivity contribution >= 4 is 11.8 Å². The summed E-state index contributed by atoms with van der Waals surface area (Å²) in [6.07, 6.45) is 1.94. The number of nitrogens with zero attached hydrogens (tertiary/aromatic N) is 4. The van der Waals surface area contributed by atoms with Crippen LogP contribution in [0.15, 0.2) is 12.3 Å². The van der Waals surface area contributed by atoms with Gasteiger partial charge < -0.3 is 10.1 Å². The third kappa shape index (κ3) is 3.11. The number of anilines is 1. The van der Waals surface area contributed by atoms with Gasteiger partial charge >= 0.3 is 5.97 Å². The Morgan fingerprint density at radius 1 is 1.40 bits per heavy atom. The molecule has 0 atom stereocenters. The summed E-state index contributed by atoms with van der Waals surface area (Å²) in [5, 5.41) is 7.43. The number of rotatable bonds is 4. The molecule has 7 heteroatoms. The Morgan fingerprint density at radius 2 is 2.15 bits per heavy atom. The Labute approximate surface area is 117 Å². The van der Waals surface area contributed by atoms with Gasteiger partial charge in [0.15, 0.2) is 0 Å². The van der Waals surface area contributed by atoms with Crippen LogP contribution in [0.3, 0.4) is 0 Å². The van der Waals surface area contributed by atoms with Crippen LogP contribution in [0.2, 0.25) is 0 Å². The van der Waals surface area contributed by atoms with Crippen LogP contribution in [0, 0.1) is 13.8 Å². The predicted octanol–water partition coefficient (Wildman–Crippen LogP) is 1.23. The minimum atomic E-state index is -0.547. The molecule has 0 unspecified atom stereocenters. The van der Waals surface area contributed by atoms with E-state index in [0.717, 1.165) is 11.3 Å². The first-order valence-corrected chi connectivity index (χ1v) is 6.16. The third-order valence-electron chi connectivity index (χ3n) is 2.80. The van der Waals surface area contributed by atoms with E-state index in [0.29, 0.717) is 18.1 Å². The summed E-state index contributed by atoms with van der Waals surface area (Å²) in [6.45, 7) is 4.33. The molecular weight excluding hydrogens is 258 g/mol. The summed E-state index contributed by atoms with van der Waals surface area (Å²) >= 11 is 0. The molecule has 0 saturated heterocycles. The Bertz CT molecular complexity index is 636. The van der Waals surface area contributed by atoms with E-state index in [2.05, 4.69) is 25.1 Å². The van der Waals surface area contributed by atoms with Crippen LogP contribution < -0.4 is 5.32 Å². The fourth-order valence-electron chi connectivity index (χ4n) is 1.85. The van der Waals surface area contributed by atoms with Crippen molar-refractivity contribution in [1.29, 1.82) is 0 Å². The summed E-state index contributed by atoms with van der Waals surface area (Å²) in [4.78, 5) is 19.6. The number of methoxy groups -OCH3 is 1. The van der Waals surface area contributed by atoms with Crippen molar-refractivity contribution in [2.75, 3.05) is 12.4 Å². The lowest BCUT2D eigenvalue weighted by molar-refractivity contribution is 0.0586. The number of esters is 1. The molecule has 0 amide bonds. The molecule has 2 aromatic heterocycles. The van der Waals surface area contributed by atoms with Crippen molar-refractivity contribution in [3.63, 3.8) is 0 Å². The van der Waals surface area contributed by atoms with Crippen molar-refractivity contribution in [2.24, 2.45) is 7.05 Å². The van der Waals surface area contributed by atoms with E-state index < -0.39 is 5.97 Å². The highest BCUT2D eigenvalue weighted by Gasteiger charge is 2.11. The van der Waals surface area contributed by atoms with Crippen LogP contribution in [0.4, 0.5) is 5.82 Å². The van der Waals surface area contributed by atoms with Gasteiger partial charge in [-0.1, -0.05) is 0 Å². The fourth-order valence-corrected chi connectivity index (χ4v) is 1.85. The van der Waals surface area contributed by atoms with Crippen LogP contribution in [-0.2, 0) is 18.3 Å². The van der Waals surface area contributed by atoms with Crippen molar-refractivity contribution in [2.45, 2.75) is 20.4 Å². The van der Waals surface area contributed by atoms with Crippen LogP contribution in [0.5, 0.6) is 0 Å². The molecule has 106 valence electrons. The topological polar surface area (TPSA) is 81.9 Å². The average Bonchev–Trinajstić information content (AvgIpc) is 2.73. The first-order valence-electron chi connectivity index (χ1n) is 6.16. The minimum absolute atomic E-state index is 0.0536. The molecule has 7 nitrogen and oxygen atoms in total. The van der Waals surface area contributed by atoms with E-state index in [1.165, 1.54) is 7.11 Å². The second kappa shape index (κ2) is 5.68. The zero-order valence-electron chi connectivity index (χ0n) is 12.0. The molecular formula is C13H17N5O2. The lowest BCUT2D eigenvalue weighted by Gasteiger charge is -2.07. The molecule has 20 heavy (non-hydrogen) atoms. The third-order valence-corrected chi connectivity index (χ3v) is 2.80. The van der Waals surface area contributed by atoms with Gasteiger partial charge in [0, 0.05) is 37.1 Å². The highest BCUT2D eigenvalue weighted by molar-refractivity contribution is 5.85. The van der Waals surface area contributed by atoms with Crippen LogP contribution in [-0.4, -0.2) is 32.8 Å². The summed E-state index contributed by atoms with van der Waals surface area (Å²) in [6, 6.07) is 1.78. The van der Waals surface area contributed by atoms with Gasteiger partial charge in [0.25, 0.3) is 0 Å². The van der Waals surface area contributed by atoms with E-state index in [-0.39, 0.29) is 5.82 Å². The zero-order valence-corrected chi connectivity index (χ0v) is 12.0. The van der Waals surface area contributed by atoms with Gasteiger partial charge in [-0.15, -0.1) is 0 Å². The maximum atomic E-state index is 11.5. The van der Waals surface area contributed by atoms with Gasteiger partial charge in [-0.2, -0.15) is 5.10 Å². The van der Waals surface area contributed by atoms with Crippen LogP contribution in [0.25, 0.3) is 0 Å². The summed E-state index contributed by atoms with van der Waals surface area (Å²) in [5.74, 6) is 0.0911. The SMILES string of the molecule is COC(=O)c1nc(C)cc(NCc2cn(C)nc2C)n1. The van der Waals surface area contributed by atoms with Gasteiger partial charge in [0.05, 0.1) is 12.8 Å². The lowest BCUT2D eigenvalue weighted by atomic mass is 10.2. The van der Waals surface area contributed by atoms with Gasteiger partial charge in [0.2, 0.25) is 5.82 Å². The summed E-state index contributed by atoms with van der Waals surface area (Å²) < 4.78 is 6.39. The molecule has 0 aromatic carbocycles. The second-order valence-corrected chi connectivity index (χ2v) is 4.48. The maximum Gasteiger partial charge on any atom is 0.376 e. The van der Waals surface area contributed by atoms with E-state index in [4.69, 9.17) is 0 Å². The van der Waals surface area contributed by atoms with Gasteiger partial charge in [-0.3, -0.25) is 4.68 Å². The van der Waals surface area contributed by atoms with Gasteiger partial charge in [-0.25, -0.2) is 14.8 Å². The summed E-state index contributed by atoms with van der Waals surface area (Å²) in [5.41, 5.74) is 2.73. The molecule has 0 aliphatic heterocycles. The van der Waals surface area contributed by atoms with E-state index in [1.807, 2.05) is 20.2 Å². The average molecular weight is 275 g/mol. The molecule has 1 N–H and O–H groups in total. The zero-order chi connectivity index (χ0) is 14.7. The quantitative estimate of drug-likeness (QED) is 0.845. The van der Waals surface area contributed by atoms with Gasteiger partial charge in [-0.05, 0) is 13.8 Å². The number of carbonyl (C=O) groups is 1. The van der Waals surface area contributed by atoms with Crippen molar-refractivity contribution in [3.8, 4) is 0 Å². The Morgan fingerprint density at radius 3 is 2.75 bits per heavy atom. The summed E-state index contributed by atoms with van der Waals surface area (Å²) in [7, 11) is 3.18. The second-order valence-electron chi connectivity index (χ2n) is 4.48. The van der Waals surface area contributed by atoms with Crippen LogP contribution >= 0.6 is 0 Å². The fraction of sp³-hybridized carbons (Fsp3) is 0.385. The number of hydrogen-bond donors (Lipinski definition) is 1. The highest BCUT2D eigenvalue weighted by Crippen LogP contribution is 2.11. The van der Waals surface area contributed by atoms with Crippen LogP contribution in [0.1, 0.15) is 27.6 Å². The number of hydrogen-bond acceptors (Lipinski definition) is 6. The Kier molecular flexibility index (Phi) is 3.97. The normalized spacial score (nSPS) is 10.4. The molecule has 0 bridgehead atoms. The molecule has 0 aliphatic carbocycles. The number of nitrogens with one attached hydrogen (secondary N) is 1. The number of aryl methyl sites for hydroxylation is 3. The monoisotopic (exact) mass is 275 g/mol. The molecule has 0 radical (unpaired) electrons. The maximum absolute atomic E-state index is 11.5. The van der Waals surface area contributed by atoms with E-state index >= 15 is 0 Å². The first kappa shape index (κ1) is 14.0. The largest absolute Gasteiger partial charge is 0.463 e. The molecule has 2 aromatic rings. The standard InChI is InChI=1S/C13H17N5O2/c1-8-5-11(16-12(15-8)13(19)20-4)14-6-10-7-18(3)17-9(10)2/h5,7H,6H2,1-4H3,(H,14,15,16). The first-order chi connectivity index (χ1) is 9.49. The van der Waals surface area contributed by atoms with E-state index in [1.54, 1.807) is 17.7 Å². The number of ether oxygens (including phenoxy) is 1. The number of carbonyl (C=O) groups excluding carboxylic acids is 1. The van der Waals surface area contributed by atoms with Crippen molar-refractivity contribution in [1.82, 2.24) is 19.7 Å². The molecule has 0 spiro atoms. The lowest BCUT2D eigenvalue weighted by Crippen LogP contribution is -2.11. The Balaban J connectivity index is 2.15. The van der Waals surface area contributed by atoms with Crippen molar-refractivity contribution < 1.29 is 9.53 Å². The smallest absolute Gasteiger partial charge is 0.376 e. The molecule has 0 saturated carbocycles. The number of aromatic nitrogens is 4. The molecule has 0 fully saturated rings. The predicted molar refractivity (Wildman–Crippen MR) is 73.4 cm³/mol. The van der Waals surface area contributed by atoms with E-state index in [9.17, 15) is 4.79 Å². The molecule has 2 rings (SSSR count). The highest BCUT2D eigenvalue weighted by atomic mass is 16.5. The van der Waals surface area contributed by atoms with Gasteiger partial charge in [0.1, 0.15) is 5.82 Å². The Hall–Kier alpha value is -2.44. The molecule has 0 aliphatic rings. The minimum Gasteiger partial charge on any atom is -0.463 e. The van der Waals surface area contributed by atoms with Crippen molar-refractivity contribution in [3.05, 3.63) is 35.0 Å². The molecule has 2 heterocycles.